The standard InChI is InChI=1S/C12H25.C4H10O.BrH.Mg/c1-3-5-7-9-11-12-10-8-6-4-2;1-3-5-4-2;;/h1,3-12H2,2H3;3-4H2,1-2H3;1H;/q-1;;;+2/p-1. The molecule has 1 nitrogen and oxygen atoms in total. The Bertz CT molecular complexity index is 101. The topological polar surface area (TPSA) is 9.23 Å². The van der Waals surface area contributed by atoms with Gasteiger partial charge in [0.1, 0.15) is 0 Å². The van der Waals surface area contributed by atoms with Gasteiger partial charge < -0.3 is 28.6 Å². The maximum Gasteiger partial charge on any atom is 2.00 e. The van der Waals surface area contributed by atoms with Crippen molar-refractivity contribution in [3.05, 3.63) is 6.92 Å². The third-order valence-electron chi connectivity index (χ3n) is 2.76. The molecule has 3 heteroatoms. The van der Waals surface area contributed by atoms with E-state index in [0.717, 1.165) is 19.6 Å². The molecule has 0 atom stereocenters. The molecule has 0 heterocycles. The average Bonchev–Trinajstić information content (AvgIpc) is 2.34. The molecule has 0 aliphatic rings. The van der Waals surface area contributed by atoms with Gasteiger partial charge in [-0.1, -0.05) is 64.7 Å². The number of hydrogen-bond donors (Lipinski definition) is 0. The average molecular weight is 348 g/mol. The van der Waals surface area contributed by atoms with Crippen LogP contribution >= 0.6 is 0 Å². The summed E-state index contributed by atoms with van der Waals surface area (Å²) in [5, 5.41) is 0. The van der Waals surface area contributed by atoms with E-state index in [9.17, 15) is 0 Å². The number of rotatable bonds is 11. The zero-order valence-electron chi connectivity index (χ0n) is 13.7. The van der Waals surface area contributed by atoms with Gasteiger partial charge in [-0.05, 0) is 13.8 Å². The summed E-state index contributed by atoms with van der Waals surface area (Å²) in [6, 6.07) is 0. The monoisotopic (exact) mass is 346 g/mol. The van der Waals surface area contributed by atoms with Gasteiger partial charge in [0.15, 0.2) is 0 Å². The van der Waals surface area contributed by atoms with Gasteiger partial charge in [0.05, 0.1) is 0 Å². The first-order valence-corrected chi connectivity index (χ1v) is 7.70. The zero-order valence-corrected chi connectivity index (χ0v) is 16.7. The molecule has 0 aromatic rings. The van der Waals surface area contributed by atoms with Crippen molar-refractivity contribution in [3.8, 4) is 0 Å². The van der Waals surface area contributed by atoms with E-state index < -0.39 is 0 Å². The molecule has 0 amide bonds. The van der Waals surface area contributed by atoms with E-state index in [0.29, 0.717) is 0 Å². The fourth-order valence-corrected chi connectivity index (χ4v) is 1.69. The molecule has 0 saturated heterocycles. The second-order valence-electron chi connectivity index (χ2n) is 4.46. The quantitative estimate of drug-likeness (QED) is 0.317. The van der Waals surface area contributed by atoms with Crippen molar-refractivity contribution in [2.75, 3.05) is 13.2 Å². The van der Waals surface area contributed by atoms with Crippen LogP contribution in [0.15, 0.2) is 0 Å². The predicted octanol–water partition coefficient (Wildman–Crippen LogP) is 2.41. The summed E-state index contributed by atoms with van der Waals surface area (Å²) in [5.41, 5.74) is 0. The summed E-state index contributed by atoms with van der Waals surface area (Å²) in [6.45, 7) is 11.8. The Morgan fingerprint density at radius 1 is 0.684 bits per heavy atom. The van der Waals surface area contributed by atoms with Gasteiger partial charge in [-0.2, -0.15) is 6.42 Å². The Morgan fingerprint density at radius 3 is 1.32 bits per heavy atom. The van der Waals surface area contributed by atoms with Crippen LogP contribution in [0.5, 0.6) is 0 Å². The number of ether oxygens (including phenoxy) is 1. The van der Waals surface area contributed by atoms with E-state index in [1.165, 1.54) is 57.8 Å². The molecule has 0 rings (SSSR count). The predicted molar refractivity (Wildman–Crippen MR) is 85.1 cm³/mol. The first-order valence-electron chi connectivity index (χ1n) is 7.70. The molecular weight excluding hydrogens is 312 g/mol. The van der Waals surface area contributed by atoms with Crippen LogP contribution in [0.2, 0.25) is 0 Å². The smallest absolute Gasteiger partial charge is 1.00 e. The number of unbranched alkanes of at least 4 members (excludes halogenated alkanes) is 9. The van der Waals surface area contributed by atoms with Crippen LogP contribution in [-0.2, 0) is 4.74 Å². The Kier molecular flexibility index (Phi) is 47.1. The molecule has 0 aliphatic heterocycles. The molecule has 0 aliphatic carbocycles. The van der Waals surface area contributed by atoms with Gasteiger partial charge in [-0.15, -0.1) is 0 Å². The van der Waals surface area contributed by atoms with Crippen LogP contribution in [0.4, 0.5) is 0 Å². The van der Waals surface area contributed by atoms with Gasteiger partial charge in [-0.3, -0.25) is 0 Å². The third kappa shape index (κ3) is 38.2. The van der Waals surface area contributed by atoms with E-state index in [1.54, 1.807) is 0 Å². The number of halogens is 1. The molecule has 0 N–H and O–H groups in total. The molecule has 0 aromatic heterocycles. The molecule has 0 unspecified atom stereocenters. The van der Waals surface area contributed by atoms with Crippen LogP contribution in [0, 0.1) is 6.92 Å². The molecule has 0 radical (unpaired) electrons. The maximum absolute atomic E-state index is 4.83. The third-order valence-corrected chi connectivity index (χ3v) is 2.76. The van der Waals surface area contributed by atoms with Crippen molar-refractivity contribution in [2.45, 2.75) is 85.0 Å². The molecule has 0 fully saturated rings. The van der Waals surface area contributed by atoms with Gasteiger partial charge in [-0.25, -0.2) is 0 Å². The van der Waals surface area contributed by atoms with Gasteiger partial charge in [0.25, 0.3) is 0 Å². The van der Waals surface area contributed by atoms with Crippen LogP contribution in [0.3, 0.4) is 0 Å². The molecule has 0 saturated carbocycles. The number of hydrogen-bond acceptors (Lipinski definition) is 1. The van der Waals surface area contributed by atoms with Crippen LogP contribution < -0.4 is 17.0 Å². The van der Waals surface area contributed by atoms with Crippen molar-refractivity contribution >= 4 is 23.1 Å². The summed E-state index contributed by atoms with van der Waals surface area (Å²) in [4.78, 5) is 0. The summed E-state index contributed by atoms with van der Waals surface area (Å²) >= 11 is 0. The maximum atomic E-state index is 4.83. The Labute approximate surface area is 149 Å². The van der Waals surface area contributed by atoms with Crippen LogP contribution in [0.25, 0.3) is 0 Å². The normalized spacial score (nSPS) is 8.84. The van der Waals surface area contributed by atoms with Crippen molar-refractivity contribution in [2.24, 2.45) is 0 Å². The minimum atomic E-state index is 0. The minimum Gasteiger partial charge on any atom is -1.00 e. The molecule has 0 aromatic carbocycles. The van der Waals surface area contributed by atoms with E-state index >= 15 is 0 Å². The van der Waals surface area contributed by atoms with Gasteiger partial charge in [0.2, 0.25) is 0 Å². The second kappa shape index (κ2) is 31.5. The minimum absolute atomic E-state index is 0. The Hall–Kier alpha value is 1.21. The molecule has 19 heavy (non-hydrogen) atoms. The summed E-state index contributed by atoms with van der Waals surface area (Å²) < 4.78 is 4.83. The van der Waals surface area contributed by atoms with Crippen molar-refractivity contribution in [3.63, 3.8) is 0 Å². The SMILES string of the molecule is CCOCC.[Br-].[CH2-]CCCCCCCCCCC.[Mg+2]. The van der Waals surface area contributed by atoms with Crippen molar-refractivity contribution in [1.82, 2.24) is 0 Å². The summed E-state index contributed by atoms with van der Waals surface area (Å²) in [5.74, 6) is 0. The first kappa shape index (κ1) is 28.4. The molecule has 114 valence electrons. The fraction of sp³-hybridized carbons (Fsp3) is 0.938. The molecular formula is C16H35BrMgO. The van der Waals surface area contributed by atoms with E-state index in [2.05, 4.69) is 13.8 Å². The Morgan fingerprint density at radius 2 is 1.05 bits per heavy atom. The van der Waals surface area contributed by atoms with Crippen molar-refractivity contribution < 1.29 is 21.7 Å². The van der Waals surface area contributed by atoms with E-state index in [-0.39, 0.29) is 40.0 Å². The summed E-state index contributed by atoms with van der Waals surface area (Å²) in [6.07, 6.45) is 13.9. The summed E-state index contributed by atoms with van der Waals surface area (Å²) in [7, 11) is 0. The fourth-order valence-electron chi connectivity index (χ4n) is 1.69. The molecule has 0 spiro atoms. The Balaban J connectivity index is -0.000000139. The second-order valence-corrected chi connectivity index (χ2v) is 4.46. The van der Waals surface area contributed by atoms with Crippen LogP contribution in [0.1, 0.15) is 85.0 Å². The van der Waals surface area contributed by atoms with Crippen molar-refractivity contribution in [1.29, 1.82) is 0 Å². The van der Waals surface area contributed by atoms with E-state index in [4.69, 9.17) is 4.74 Å². The van der Waals surface area contributed by atoms with E-state index in [1.807, 2.05) is 13.8 Å². The van der Waals surface area contributed by atoms with Gasteiger partial charge in [0, 0.05) is 13.2 Å². The largest absolute Gasteiger partial charge is 2.00 e. The van der Waals surface area contributed by atoms with Gasteiger partial charge >= 0.3 is 23.1 Å². The zero-order chi connectivity index (χ0) is 13.2. The first-order chi connectivity index (χ1) is 8.33. The van der Waals surface area contributed by atoms with Crippen LogP contribution in [-0.4, -0.2) is 36.3 Å². The molecule has 0 bridgehead atoms.